The maximum absolute atomic E-state index is 11.7. The van der Waals surface area contributed by atoms with E-state index in [9.17, 15) is 9.59 Å². The molecule has 0 fully saturated rings. The molecule has 130 valence electrons. The molecule has 0 aromatic heterocycles. The summed E-state index contributed by atoms with van der Waals surface area (Å²) in [5.41, 5.74) is 6.71. The van der Waals surface area contributed by atoms with Crippen LogP contribution in [0.3, 0.4) is 0 Å². The number of amides is 2. The molecular formula is C20H22N2O3. The number of nitrogens with one attached hydrogen (secondary N) is 2. The molecule has 2 aromatic carbocycles. The van der Waals surface area contributed by atoms with Gasteiger partial charge in [0, 0.05) is 6.08 Å². The molecule has 2 rings (SSSR count). The van der Waals surface area contributed by atoms with Crippen LogP contribution in [-0.4, -0.2) is 18.4 Å². The van der Waals surface area contributed by atoms with Crippen molar-refractivity contribution in [3.63, 3.8) is 0 Å². The van der Waals surface area contributed by atoms with Crippen molar-refractivity contribution in [2.45, 2.75) is 19.8 Å². The van der Waals surface area contributed by atoms with Crippen LogP contribution >= 0.6 is 0 Å². The summed E-state index contributed by atoms with van der Waals surface area (Å²) in [6, 6.07) is 17.0. The molecule has 0 saturated heterocycles. The van der Waals surface area contributed by atoms with Crippen LogP contribution in [0.2, 0.25) is 0 Å². The zero-order valence-corrected chi connectivity index (χ0v) is 14.4. The Kier molecular flexibility index (Phi) is 6.77. The average molecular weight is 338 g/mol. The molecule has 0 saturated carbocycles. The minimum Gasteiger partial charge on any atom is -0.484 e. The fourth-order valence-electron chi connectivity index (χ4n) is 2.04. The van der Waals surface area contributed by atoms with Crippen molar-refractivity contribution in [2.24, 2.45) is 0 Å². The minimum atomic E-state index is -0.436. The highest BCUT2D eigenvalue weighted by Gasteiger charge is 2.04. The quantitative estimate of drug-likeness (QED) is 0.628. The number of rotatable bonds is 6. The lowest BCUT2D eigenvalue weighted by atomic mass is 10.0. The zero-order valence-electron chi connectivity index (χ0n) is 14.4. The van der Waals surface area contributed by atoms with Gasteiger partial charge in [0.25, 0.3) is 11.8 Å². The van der Waals surface area contributed by atoms with Gasteiger partial charge >= 0.3 is 0 Å². The number of carbonyl (C=O) groups is 2. The van der Waals surface area contributed by atoms with Crippen LogP contribution in [-0.2, 0) is 9.59 Å². The molecule has 2 N–H and O–H groups in total. The van der Waals surface area contributed by atoms with Crippen molar-refractivity contribution in [3.05, 3.63) is 71.8 Å². The molecule has 2 aromatic rings. The van der Waals surface area contributed by atoms with Crippen LogP contribution in [0.15, 0.2) is 60.7 Å². The van der Waals surface area contributed by atoms with E-state index in [4.69, 9.17) is 4.74 Å². The summed E-state index contributed by atoms with van der Waals surface area (Å²) in [7, 11) is 0. The lowest BCUT2D eigenvalue weighted by Crippen LogP contribution is -2.43. The van der Waals surface area contributed by atoms with Gasteiger partial charge in [0.05, 0.1) is 0 Å². The van der Waals surface area contributed by atoms with Crippen molar-refractivity contribution >= 4 is 17.9 Å². The first kappa shape index (κ1) is 18.3. The Balaban J connectivity index is 1.71. The molecular weight excluding hydrogens is 316 g/mol. The Labute approximate surface area is 147 Å². The van der Waals surface area contributed by atoms with E-state index in [2.05, 4.69) is 24.7 Å². The summed E-state index contributed by atoms with van der Waals surface area (Å²) in [5.74, 6) is 0.194. The lowest BCUT2D eigenvalue weighted by molar-refractivity contribution is -0.128. The first-order chi connectivity index (χ1) is 12.0. The summed E-state index contributed by atoms with van der Waals surface area (Å²) in [5, 5.41) is 0. The summed E-state index contributed by atoms with van der Waals surface area (Å²) in [4.78, 5) is 23.3. The average Bonchev–Trinajstić information content (AvgIpc) is 2.64. The molecule has 0 heterocycles. The second-order valence-corrected chi connectivity index (χ2v) is 5.79. The SMILES string of the molecule is CC(C)c1ccc(OCC(=O)NNC(=O)C=Cc2ccccc2)cc1. The van der Waals surface area contributed by atoms with Gasteiger partial charge in [-0.2, -0.15) is 0 Å². The van der Waals surface area contributed by atoms with E-state index < -0.39 is 11.8 Å². The van der Waals surface area contributed by atoms with E-state index in [0.717, 1.165) is 5.56 Å². The van der Waals surface area contributed by atoms with Crippen molar-refractivity contribution in [1.82, 2.24) is 10.9 Å². The maximum atomic E-state index is 11.7. The Morgan fingerprint density at radius 3 is 2.32 bits per heavy atom. The Hall–Kier alpha value is -3.08. The molecule has 2 amide bonds. The van der Waals surface area contributed by atoms with Gasteiger partial charge in [-0.3, -0.25) is 20.4 Å². The van der Waals surface area contributed by atoms with Crippen LogP contribution < -0.4 is 15.6 Å². The standard InChI is InChI=1S/C20H22N2O3/c1-15(2)17-9-11-18(12-10-17)25-14-20(24)22-21-19(23)13-8-16-6-4-3-5-7-16/h3-13,15H,14H2,1-2H3,(H,21,23)(H,22,24). The number of carbonyl (C=O) groups excluding carboxylic acids is 2. The van der Waals surface area contributed by atoms with Crippen LogP contribution in [0, 0.1) is 0 Å². The number of hydrazine groups is 1. The normalized spacial score (nSPS) is 10.7. The number of ether oxygens (including phenoxy) is 1. The van der Waals surface area contributed by atoms with Crippen LogP contribution in [0.1, 0.15) is 30.9 Å². The topological polar surface area (TPSA) is 67.4 Å². The fourth-order valence-corrected chi connectivity index (χ4v) is 2.04. The molecule has 0 spiro atoms. The molecule has 0 atom stereocenters. The summed E-state index contributed by atoms with van der Waals surface area (Å²) < 4.78 is 5.38. The van der Waals surface area contributed by atoms with E-state index in [-0.39, 0.29) is 6.61 Å². The third kappa shape index (κ3) is 6.51. The monoisotopic (exact) mass is 338 g/mol. The van der Waals surface area contributed by atoms with Gasteiger partial charge in [-0.25, -0.2) is 0 Å². The third-order valence-corrected chi connectivity index (χ3v) is 3.47. The largest absolute Gasteiger partial charge is 0.484 e. The van der Waals surface area contributed by atoms with Crippen molar-refractivity contribution in [1.29, 1.82) is 0 Å². The summed E-state index contributed by atoms with van der Waals surface area (Å²) in [6.45, 7) is 4.04. The predicted octanol–water partition coefficient (Wildman–Crippen LogP) is 3.05. The van der Waals surface area contributed by atoms with Crippen LogP contribution in [0.25, 0.3) is 6.08 Å². The predicted molar refractivity (Wildman–Crippen MR) is 97.8 cm³/mol. The van der Waals surface area contributed by atoms with Crippen molar-refractivity contribution < 1.29 is 14.3 Å². The highest BCUT2D eigenvalue weighted by atomic mass is 16.5. The number of hydrogen-bond acceptors (Lipinski definition) is 3. The first-order valence-electron chi connectivity index (χ1n) is 8.09. The molecule has 0 radical (unpaired) electrons. The third-order valence-electron chi connectivity index (χ3n) is 3.47. The first-order valence-corrected chi connectivity index (χ1v) is 8.09. The van der Waals surface area contributed by atoms with Gasteiger partial charge < -0.3 is 4.74 Å². The summed E-state index contributed by atoms with van der Waals surface area (Å²) >= 11 is 0. The highest BCUT2D eigenvalue weighted by Crippen LogP contribution is 2.18. The fraction of sp³-hybridized carbons (Fsp3) is 0.200. The molecule has 0 aliphatic carbocycles. The van der Waals surface area contributed by atoms with Crippen LogP contribution in [0.4, 0.5) is 0 Å². The lowest BCUT2D eigenvalue weighted by Gasteiger charge is -2.09. The van der Waals surface area contributed by atoms with E-state index >= 15 is 0 Å². The second-order valence-electron chi connectivity index (χ2n) is 5.79. The number of benzene rings is 2. The van der Waals surface area contributed by atoms with Crippen LogP contribution in [0.5, 0.6) is 5.75 Å². The van der Waals surface area contributed by atoms with Gasteiger partial charge in [-0.1, -0.05) is 56.3 Å². The van der Waals surface area contributed by atoms with Crippen molar-refractivity contribution in [3.8, 4) is 5.75 Å². The smallest absolute Gasteiger partial charge is 0.276 e. The molecule has 5 nitrogen and oxygen atoms in total. The van der Waals surface area contributed by atoms with Crippen molar-refractivity contribution in [2.75, 3.05) is 6.61 Å². The highest BCUT2D eigenvalue weighted by molar-refractivity contribution is 5.93. The van der Waals surface area contributed by atoms with E-state index in [1.807, 2.05) is 54.6 Å². The second kappa shape index (κ2) is 9.27. The molecule has 25 heavy (non-hydrogen) atoms. The molecule has 0 aliphatic heterocycles. The molecule has 5 heteroatoms. The Morgan fingerprint density at radius 2 is 1.68 bits per heavy atom. The Bertz CT molecular complexity index is 722. The maximum Gasteiger partial charge on any atom is 0.276 e. The zero-order chi connectivity index (χ0) is 18.1. The molecule has 0 aliphatic rings. The molecule has 0 bridgehead atoms. The van der Waals surface area contributed by atoms with Gasteiger partial charge in [-0.15, -0.1) is 0 Å². The van der Waals surface area contributed by atoms with E-state index in [1.165, 1.54) is 11.6 Å². The summed E-state index contributed by atoms with van der Waals surface area (Å²) in [6.07, 6.45) is 3.01. The van der Waals surface area contributed by atoms with Gasteiger partial charge in [0.1, 0.15) is 5.75 Å². The van der Waals surface area contributed by atoms with E-state index in [0.29, 0.717) is 11.7 Å². The Morgan fingerprint density at radius 1 is 1.00 bits per heavy atom. The number of hydrogen-bond donors (Lipinski definition) is 2. The van der Waals surface area contributed by atoms with E-state index in [1.54, 1.807) is 6.08 Å². The molecule has 0 unspecified atom stereocenters. The van der Waals surface area contributed by atoms with Gasteiger partial charge in [-0.05, 0) is 35.3 Å². The van der Waals surface area contributed by atoms with Gasteiger partial charge in [0.15, 0.2) is 6.61 Å². The minimum absolute atomic E-state index is 0.177. The van der Waals surface area contributed by atoms with Gasteiger partial charge in [0.2, 0.25) is 0 Å².